The van der Waals surface area contributed by atoms with Crippen LogP contribution < -0.4 is 9.55 Å². The molecule has 1 nitrogen and oxygen atoms in total. The van der Waals surface area contributed by atoms with Crippen LogP contribution in [0.15, 0.2) is 58.6 Å². The summed E-state index contributed by atoms with van der Waals surface area (Å²) in [6.07, 6.45) is 2.48. The Hall–Kier alpha value is -1.14. The molecular weight excluding hydrogens is 327 g/mol. The molecule has 4 heterocycles. The van der Waals surface area contributed by atoms with Crippen molar-refractivity contribution in [3.05, 3.63) is 63.5 Å². The van der Waals surface area contributed by atoms with Crippen molar-refractivity contribution < 1.29 is 4.28 Å². The average Bonchev–Trinajstić information content (AvgIpc) is 3.28. The van der Waals surface area contributed by atoms with Gasteiger partial charge in [-0.3, -0.25) is 0 Å². The van der Waals surface area contributed by atoms with Crippen LogP contribution in [0.25, 0.3) is 5.47 Å². The normalized spacial score (nSPS) is 18.3. The van der Waals surface area contributed by atoms with E-state index in [0.717, 1.165) is 13.0 Å². The van der Waals surface area contributed by atoms with E-state index in [2.05, 4.69) is 70.0 Å². The molecule has 0 unspecified atom stereocenters. The molecule has 0 fully saturated rings. The smallest absolute Gasteiger partial charge is 0.396 e. The molecule has 3 aromatic heterocycles. The van der Waals surface area contributed by atoms with E-state index < -0.39 is 6.35 Å². The van der Waals surface area contributed by atoms with Gasteiger partial charge < -0.3 is 4.28 Å². The van der Waals surface area contributed by atoms with E-state index in [-0.39, 0.29) is 0 Å². The van der Waals surface area contributed by atoms with E-state index in [1.54, 1.807) is 0 Å². The second-order valence-electron chi connectivity index (χ2n) is 5.64. The van der Waals surface area contributed by atoms with Crippen molar-refractivity contribution in [1.82, 2.24) is 0 Å². The fraction of sp³-hybridized carbons (Fsp3) is 0.176. The van der Waals surface area contributed by atoms with Crippen LogP contribution >= 0.6 is 34.0 Å². The Kier molecular flexibility index (Phi) is 3.82. The Bertz CT molecular complexity index is 723. The molecule has 0 N–H and O–H groups in total. The van der Waals surface area contributed by atoms with Crippen molar-refractivity contribution in [2.75, 3.05) is 13.7 Å². The number of rotatable bonds is 3. The molecule has 22 heavy (non-hydrogen) atoms. The van der Waals surface area contributed by atoms with Gasteiger partial charge in [-0.2, -0.15) is 22.7 Å². The Morgan fingerprint density at radius 1 is 0.909 bits per heavy atom. The Morgan fingerprint density at radius 2 is 1.55 bits per heavy atom. The van der Waals surface area contributed by atoms with E-state index >= 15 is 0 Å². The molecule has 1 aliphatic rings. The van der Waals surface area contributed by atoms with Gasteiger partial charge in [0.2, 0.25) is 0 Å². The lowest BCUT2D eigenvalue weighted by molar-refractivity contribution is 0.0572. The summed E-state index contributed by atoms with van der Waals surface area (Å²) < 4.78 is 6.42. The SMILES string of the molecule is C[O+]1CCC=C(c2cccs2)[B-]1(c1cccs1)c1cccs1. The molecule has 1 aliphatic heterocycles. The summed E-state index contributed by atoms with van der Waals surface area (Å²) in [6.45, 7) is 1.03. The van der Waals surface area contributed by atoms with Crippen molar-refractivity contribution in [2.45, 2.75) is 6.42 Å². The molecule has 0 aliphatic carbocycles. The lowest BCUT2D eigenvalue weighted by Gasteiger charge is -2.48. The molecule has 0 saturated carbocycles. The van der Waals surface area contributed by atoms with Crippen LogP contribution in [0.5, 0.6) is 0 Å². The third kappa shape index (κ3) is 2.08. The Balaban J connectivity index is 2.02. The van der Waals surface area contributed by atoms with Gasteiger partial charge in [-0.15, -0.1) is 17.4 Å². The molecule has 0 radical (unpaired) electrons. The standard InChI is InChI=1S/C17H17BOS3/c1-19-10-2-6-14(15-7-3-11-20-15)18(19,16-8-4-12-21-16)17-9-5-13-22-17/h3-9,11-13H,2,10H2,1H3. The topological polar surface area (TPSA) is 2.70 Å². The van der Waals surface area contributed by atoms with Gasteiger partial charge in [-0.05, 0) is 22.2 Å². The fourth-order valence-electron chi connectivity index (χ4n) is 3.59. The lowest BCUT2D eigenvalue weighted by Crippen LogP contribution is -2.65. The summed E-state index contributed by atoms with van der Waals surface area (Å²) in [5.74, 6) is 0. The quantitative estimate of drug-likeness (QED) is 0.496. The molecule has 0 bridgehead atoms. The monoisotopic (exact) mass is 344 g/mol. The second-order valence-corrected chi connectivity index (χ2v) is 8.54. The van der Waals surface area contributed by atoms with E-state index in [1.807, 2.05) is 34.0 Å². The molecule has 0 spiro atoms. The molecule has 0 atom stereocenters. The minimum atomic E-state index is -1.07. The number of hydrogen-bond donors (Lipinski definition) is 0. The first-order valence-electron chi connectivity index (χ1n) is 7.43. The van der Waals surface area contributed by atoms with Gasteiger partial charge in [0, 0.05) is 11.3 Å². The van der Waals surface area contributed by atoms with Gasteiger partial charge in [0.1, 0.15) is 6.61 Å². The van der Waals surface area contributed by atoms with Crippen molar-refractivity contribution >= 4 is 55.4 Å². The summed E-state index contributed by atoms with van der Waals surface area (Å²) in [4.78, 5) is 1.39. The predicted octanol–water partition coefficient (Wildman–Crippen LogP) is 4.14. The van der Waals surface area contributed by atoms with Crippen LogP contribution in [0.3, 0.4) is 0 Å². The first kappa shape index (κ1) is 14.5. The predicted molar refractivity (Wildman–Crippen MR) is 102 cm³/mol. The van der Waals surface area contributed by atoms with Gasteiger partial charge >= 0.3 is 6.35 Å². The number of hydrogen-bond acceptors (Lipinski definition) is 3. The summed E-state index contributed by atoms with van der Waals surface area (Å²) in [5, 5.41) is 6.57. The summed E-state index contributed by atoms with van der Waals surface area (Å²) in [7, 11) is 2.21. The third-order valence-corrected chi connectivity index (χ3v) is 7.52. The first-order chi connectivity index (χ1) is 10.8. The van der Waals surface area contributed by atoms with E-state index in [4.69, 9.17) is 0 Å². The van der Waals surface area contributed by atoms with Crippen LogP contribution in [0.1, 0.15) is 11.3 Å². The number of thiophene rings is 3. The van der Waals surface area contributed by atoms with Gasteiger partial charge in [0.25, 0.3) is 0 Å². The van der Waals surface area contributed by atoms with Crippen molar-refractivity contribution in [3.8, 4) is 0 Å². The van der Waals surface area contributed by atoms with Gasteiger partial charge in [0.05, 0.1) is 7.11 Å². The van der Waals surface area contributed by atoms with Crippen molar-refractivity contribution in [3.63, 3.8) is 0 Å². The van der Waals surface area contributed by atoms with Gasteiger partial charge in [-0.1, -0.05) is 45.4 Å². The lowest BCUT2D eigenvalue weighted by atomic mass is 9.31. The molecule has 5 heteroatoms. The summed E-state index contributed by atoms with van der Waals surface area (Å²) in [5.41, 5.74) is 1.47. The van der Waals surface area contributed by atoms with Crippen LogP contribution in [0.2, 0.25) is 0 Å². The van der Waals surface area contributed by atoms with Gasteiger partial charge in [-0.25, -0.2) is 0 Å². The minimum Gasteiger partial charge on any atom is -0.661 e. The van der Waals surface area contributed by atoms with E-state index in [0.29, 0.717) is 0 Å². The van der Waals surface area contributed by atoms with E-state index in [9.17, 15) is 0 Å². The fourth-order valence-corrected chi connectivity index (χ4v) is 6.68. The minimum absolute atomic E-state index is 1.03. The maximum atomic E-state index is 3.55. The van der Waals surface area contributed by atoms with Gasteiger partial charge in [0.15, 0.2) is 0 Å². The molecular formula is C17H17BOS3. The highest BCUT2D eigenvalue weighted by Crippen LogP contribution is 2.37. The maximum Gasteiger partial charge on any atom is 0.396 e. The van der Waals surface area contributed by atoms with Crippen LogP contribution in [0, 0.1) is 0 Å². The largest absolute Gasteiger partial charge is 0.661 e. The molecule has 4 rings (SSSR count). The molecule has 0 amide bonds. The van der Waals surface area contributed by atoms with E-state index in [1.165, 1.54) is 19.9 Å². The second kappa shape index (κ2) is 5.82. The van der Waals surface area contributed by atoms with Crippen LogP contribution in [-0.2, 0) is 4.28 Å². The zero-order valence-electron chi connectivity index (χ0n) is 12.4. The summed E-state index contributed by atoms with van der Waals surface area (Å²) >= 11 is 5.58. The molecule has 112 valence electrons. The molecule has 3 aromatic rings. The van der Waals surface area contributed by atoms with Crippen LogP contribution in [-0.4, -0.2) is 20.1 Å². The average molecular weight is 344 g/mol. The third-order valence-electron chi connectivity index (χ3n) is 4.54. The highest BCUT2D eigenvalue weighted by Gasteiger charge is 2.49. The summed E-state index contributed by atoms with van der Waals surface area (Å²) in [6, 6.07) is 13.3. The van der Waals surface area contributed by atoms with Crippen molar-refractivity contribution in [2.24, 2.45) is 0 Å². The maximum absolute atomic E-state index is 3.55. The van der Waals surface area contributed by atoms with Crippen molar-refractivity contribution in [1.29, 1.82) is 0 Å². The molecule has 0 saturated heterocycles. The molecule has 0 aromatic carbocycles. The zero-order chi connectivity index (χ0) is 15.0. The highest BCUT2D eigenvalue weighted by atomic mass is 32.1. The Morgan fingerprint density at radius 3 is 2.09 bits per heavy atom. The highest BCUT2D eigenvalue weighted by molar-refractivity contribution is 7.39. The first-order valence-corrected chi connectivity index (χ1v) is 10.1. The zero-order valence-corrected chi connectivity index (χ0v) is 14.8. The Labute approximate surface area is 143 Å². The van der Waals surface area contributed by atoms with Crippen LogP contribution in [0.4, 0.5) is 0 Å².